The Kier molecular flexibility index (Phi) is 5.49. The normalized spacial score (nSPS) is 22.8. The molecule has 12 heteroatoms. The van der Waals surface area contributed by atoms with Crippen LogP contribution in [0.15, 0.2) is 36.9 Å². The molecule has 1 aliphatic heterocycles. The Morgan fingerprint density at radius 3 is 2.89 bits per heavy atom. The molecule has 1 aromatic heterocycles. The van der Waals surface area contributed by atoms with Crippen molar-refractivity contribution in [1.82, 2.24) is 9.55 Å². The van der Waals surface area contributed by atoms with Crippen molar-refractivity contribution in [1.29, 1.82) is 0 Å². The van der Waals surface area contributed by atoms with Gasteiger partial charge in [0.25, 0.3) is 15.8 Å². The van der Waals surface area contributed by atoms with Gasteiger partial charge in [0.1, 0.15) is 6.10 Å². The maximum atomic E-state index is 11.2. The molecule has 27 heavy (non-hydrogen) atoms. The first-order chi connectivity index (χ1) is 12.7. The van der Waals surface area contributed by atoms with E-state index in [4.69, 9.17) is 25.3 Å². The van der Waals surface area contributed by atoms with Crippen LogP contribution in [0.3, 0.4) is 0 Å². The Labute approximate surface area is 159 Å². The zero-order chi connectivity index (χ0) is 19.7. The largest absolute Gasteiger partial charge is 0.342 e. The topological polar surface area (TPSA) is 123 Å². The summed E-state index contributed by atoms with van der Waals surface area (Å²) in [7, 11) is -3.64. The molecule has 0 bridgehead atoms. The van der Waals surface area contributed by atoms with Crippen molar-refractivity contribution in [3.8, 4) is 0 Å². The molecule has 146 valence electrons. The first-order valence-corrected chi connectivity index (χ1v) is 9.94. The zero-order valence-electron chi connectivity index (χ0n) is 14.1. The zero-order valence-corrected chi connectivity index (χ0v) is 15.7. The first kappa shape index (κ1) is 19.7. The van der Waals surface area contributed by atoms with E-state index >= 15 is 0 Å². The van der Waals surface area contributed by atoms with Crippen molar-refractivity contribution in [2.45, 2.75) is 18.4 Å². The second-order valence-electron chi connectivity index (χ2n) is 5.95. The van der Waals surface area contributed by atoms with E-state index in [2.05, 4.69) is 4.98 Å². The van der Waals surface area contributed by atoms with Gasteiger partial charge in [0.05, 0.1) is 42.3 Å². The molecule has 10 nitrogen and oxygen atoms in total. The van der Waals surface area contributed by atoms with Gasteiger partial charge in [-0.25, -0.2) is 4.98 Å². The highest BCUT2D eigenvalue weighted by molar-refractivity contribution is 7.85. The van der Waals surface area contributed by atoms with Gasteiger partial charge in [0.2, 0.25) is 5.79 Å². The summed E-state index contributed by atoms with van der Waals surface area (Å²) in [5.74, 6) is -1.38. The highest BCUT2D eigenvalue weighted by Gasteiger charge is 2.45. The highest BCUT2D eigenvalue weighted by atomic mass is 35.5. The van der Waals surface area contributed by atoms with Crippen molar-refractivity contribution >= 4 is 27.4 Å². The quantitative estimate of drug-likeness (QED) is 0.379. The minimum absolute atomic E-state index is 0.0531. The monoisotopic (exact) mass is 417 g/mol. The van der Waals surface area contributed by atoms with Crippen LogP contribution in [0.25, 0.3) is 0 Å². The number of rotatable bonds is 7. The number of nitro benzene ring substituents is 1. The maximum absolute atomic E-state index is 11.2. The molecule has 2 atom stereocenters. The third-order valence-electron chi connectivity index (χ3n) is 3.85. The maximum Gasteiger partial charge on any atom is 0.270 e. The van der Waals surface area contributed by atoms with Crippen molar-refractivity contribution in [2.75, 3.05) is 19.5 Å². The Morgan fingerprint density at radius 2 is 2.30 bits per heavy atom. The molecule has 0 radical (unpaired) electrons. The number of benzene rings is 1. The molecule has 2 aromatic rings. The summed E-state index contributed by atoms with van der Waals surface area (Å²) in [5, 5.41) is 11.0. The lowest BCUT2D eigenvalue weighted by molar-refractivity contribution is -0.384. The smallest absolute Gasteiger partial charge is 0.270 e. The number of imidazole rings is 1. The Bertz CT molecular complexity index is 935. The van der Waals surface area contributed by atoms with Crippen LogP contribution in [0.5, 0.6) is 0 Å². The van der Waals surface area contributed by atoms with Crippen molar-refractivity contribution in [3.05, 3.63) is 57.6 Å². The summed E-state index contributed by atoms with van der Waals surface area (Å²) in [6.07, 6.45) is 5.08. The van der Waals surface area contributed by atoms with E-state index in [0.717, 1.165) is 6.26 Å². The summed E-state index contributed by atoms with van der Waals surface area (Å²) in [5.41, 5.74) is 0.210. The van der Waals surface area contributed by atoms with E-state index in [1.54, 1.807) is 23.3 Å². The van der Waals surface area contributed by atoms with Gasteiger partial charge in [-0.1, -0.05) is 11.6 Å². The van der Waals surface area contributed by atoms with Crippen molar-refractivity contribution in [3.63, 3.8) is 0 Å². The van der Waals surface area contributed by atoms with Crippen LogP contribution < -0.4 is 0 Å². The average molecular weight is 418 g/mol. The van der Waals surface area contributed by atoms with E-state index in [0.29, 0.717) is 5.56 Å². The Balaban J connectivity index is 1.91. The fourth-order valence-electron chi connectivity index (χ4n) is 2.70. The van der Waals surface area contributed by atoms with Gasteiger partial charge in [-0.2, -0.15) is 8.42 Å². The minimum atomic E-state index is -3.64. The lowest BCUT2D eigenvalue weighted by Gasteiger charge is -2.29. The predicted octanol–water partition coefficient (Wildman–Crippen LogP) is 1.69. The molecular formula is C15H16ClN3O7S. The number of halogens is 1. The van der Waals surface area contributed by atoms with Crippen molar-refractivity contribution in [2.24, 2.45) is 0 Å². The van der Waals surface area contributed by atoms with Gasteiger partial charge in [0.15, 0.2) is 0 Å². The van der Waals surface area contributed by atoms with Crippen LogP contribution in [0, 0.1) is 10.1 Å². The molecule has 0 spiro atoms. The highest BCUT2D eigenvalue weighted by Crippen LogP contribution is 2.40. The van der Waals surface area contributed by atoms with E-state index in [9.17, 15) is 18.5 Å². The van der Waals surface area contributed by atoms with E-state index < -0.39 is 26.9 Å². The second kappa shape index (κ2) is 7.52. The summed E-state index contributed by atoms with van der Waals surface area (Å²) in [6.45, 7) is -0.0213. The molecule has 0 aliphatic carbocycles. The molecule has 0 amide bonds. The number of hydrogen-bond donors (Lipinski definition) is 0. The van der Waals surface area contributed by atoms with Crippen molar-refractivity contribution < 1.29 is 27.0 Å². The molecule has 2 heterocycles. The Hall–Kier alpha value is -2.05. The molecule has 0 saturated carbocycles. The molecular weight excluding hydrogens is 402 g/mol. The fourth-order valence-corrected chi connectivity index (χ4v) is 3.42. The molecule has 1 fully saturated rings. The average Bonchev–Trinajstić information content (AvgIpc) is 3.23. The van der Waals surface area contributed by atoms with Gasteiger partial charge in [-0.15, -0.1) is 0 Å². The van der Waals surface area contributed by atoms with Crippen LogP contribution in [0.1, 0.15) is 5.56 Å². The fraction of sp³-hybridized carbons (Fsp3) is 0.400. The van der Waals surface area contributed by atoms with Gasteiger partial charge < -0.3 is 14.0 Å². The second-order valence-corrected chi connectivity index (χ2v) is 8.00. The van der Waals surface area contributed by atoms with Crippen LogP contribution in [0.4, 0.5) is 5.69 Å². The van der Waals surface area contributed by atoms with Crippen LogP contribution in [-0.2, 0) is 36.1 Å². The minimum Gasteiger partial charge on any atom is -0.342 e. The van der Waals surface area contributed by atoms with Gasteiger partial charge in [-0.05, 0) is 6.07 Å². The lowest BCUT2D eigenvalue weighted by atomic mass is 10.0. The molecule has 1 saturated heterocycles. The van der Waals surface area contributed by atoms with Crippen LogP contribution in [0.2, 0.25) is 5.02 Å². The molecule has 0 unspecified atom stereocenters. The SMILES string of the molecule is CS(=O)(=O)OC[C@@H]1CO[C@@](Cn2ccnc2)(c2ccc([N+](=O)[O-])cc2Cl)O1. The lowest BCUT2D eigenvalue weighted by Crippen LogP contribution is -2.34. The van der Waals surface area contributed by atoms with E-state index in [-0.39, 0.29) is 30.5 Å². The molecule has 1 aliphatic rings. The number of nitro groups is 1. The van der Waals surface area contributed by atoms with Gasteiger partial charge in [0, 0.05) is 30.1 Å². The van der Waals surface area contributed by atoms with Gasteiger partial charge in [-0.3, -0.25) is 14.3 Å². The summed E-state index contributed by atoms with van der Waals surface area (Å²) >= 11 is 6.26. The number of hydrogen-bond acceptors (Lipinski definition) is 8. The Morgan fingerprint density at radius 1 is 1.52 bits per heavy atom. The number of non-ortho nitro benzene ring substituents is 1. The number of ether oxygens (including phenoxy) is 2. The number of aromatic nitrogens is 2. The predicted molar refractivity (Wildman–Crippen MR) is 93.6 cm³/mol. The summed E-state index contributed by atoms with van der Waals surface area (Å²) < 4.78 is 40.7. The third kappa shape index (κ3) is 4.62. The molecule has 1 aromatic carbocycles. The van der Waals surface area contributed by atoms with E-state index in [1.807, 2.05) is 0 Å². The van der Waals surface area contributed by atoms with Crippen LogP contribution in [-0.4, -0.2) is 48.5 Å². The van der Waals surface area contributed by atoms with Crippen LogP contribution >= 0.6 is 11.6 Å². The van der Waals surface area contributed by atoms with Gasteiger partial charge >= 0.3 is 0 Å². The standard InChI is InChI=1S/C15H16ClN3O7S/c1-27(22,23)25-8-12-7-24-15(26-12,9-18-5-4-17-10-18)13-3-2-11(19(20)21)6-14(13)16/h2-6,10,12H,7-9H2,1H3/t12-,15+/m0/s1. The third-order valence-corrected chi connectivity index (χ3v) is 4.73. The molecule has 3 rings (SSSR count). The first-order valence-electron chi connectivity index (χ1n) is 7.75. The summed E-state index contributed by atoms with van der Waals surface area (Å²) in [4.78, 5) is 14.4. The molecule has 0 N–H and O–H groups in total. The van der Waals surface area contributed by atoms with E-state index in [1.165, 1.54) is 18.2 Å². The summed E-state index contributed by atoms with van der Waals surface area (Å²) in [6, 6.07) is 3.96. The number of nitrogens with zero attached hydrogens (tertiary/aromatic N) is 3.